The molecule has 2 amide bonds. The number of carbonyl (C=O) groups is 1. The zero-order chi connectivity index (χ0) is 15.8. The predicted octanol–water partition coefficient (Wildman–Crippen LogP) is 1.80. The predicted molar refractivity (Wildman–Crippen MR) is 87.7 cm³/mol. The molecule has 0 aromatic heterocycles. The molecule has 5 nitrogen and oxygen atoms in total. The Morgan fingerprint density at radius 2 is 2.18 bits per heavy atom. The zero-order valence-electron chi connectivity index (χ0n) is 13.6. The number of hydrogen-bond acceptors (Lipinski definition) is 3. The van der Waals surface area contributed by atoms with Crippen molar-refractivity contribution in [3.8, 4) is 0 Å². The third-order valence-electron chi connectivity index (χ3n) is 4.13. The van der Waals surface area contributed by atoms with Crippen LogP contribution in [0.2, 0.25) is 0 Å². The molecule has 1 aliphatic rings. The summed E-state index contributed by atoms with van der Waals surface area (Å²) in [5.74, 6) is 0.547. The van der Waals surface area contributed by atoms with Crippen LogP contribution in [0.1, 0.15) is 12.0 Å². The van der Waals surface area contributed by atoms with Gasteiger partial charge in [-0.2, -0.15) is 0 Å². The lowest BCUT2D eigenvalue weighted by molar-refractivity contribution is 0.158. The summed E-state index contributed by atoms with van der Waals surface area (Å²) in [5.41, 5.74) is 1.15. The fourth-order valence-corrected chi connectivity index (χ4v) is 2.80. The monoisotopic (exact) mass is 305 g/mol. The first-order chi connectivity index (χ1) is 10.7. The van der Waals surface area contributed by atoms with Gasteiger partial charge in [-0.3, -0.25) is 0 Å². The highest BCUT2D eigenvalue weighted by atomic mass is 16.5. The number of nitrogens with one attached hydrogen (secondary N) is 1. The third kappa shape index (κ3) is 5.31. The van der Waals surface area contributed by atoms with Crippen LogP contribution in [0.3, 0.4) is 0 Å². The van der Waals surface area contributed by atoms with Crippen LogP contribution >= 0.6 is 0 Å². The highest BCUT2D eigenvalue weighted by molar-refractivity contribution is 5.73. The topological polar surface area (TPSA) is 44.8 Å². The van der Waals surface area contributed by atoms with Crippen molar-refractivity contribution < 1.29 is 9.53 Å². The Labute approximate surface area is 133 Å². The quantitative estimate of drug-likeness (QED) is 0.835. The Hall–Kier alpha value is -1.59. The second-order valence-corrected chi connectivity index (χ2v) is 5.98. The van der Waals surface area contributed by atoms with Crippen molar-refractivity contribution in [1.82, 2.24) is 15.1 Å². The summed E-state index contributed by atoms with van der Waals surface area (Å²) >= 11 is 0. The van der Waals surface area contributed by atoms with Gasteiger partial charge in [-0.15, -0.1) is 0 Å². The lowest BCUT2D eigenvalue weighted by atomic mass is 10.1. The molecule has 1 unspecified atom stereocenters. The van der Waals surface area contributed by atoms with Crippen LogP contribution in [0, 0.1) is 5.92 Å². The Bertz CT molecular complexity index is 452. The van der Waals surface area contributed by atoms with Crippen molar-refractivity contribution in [1.29, 1.82) is 0 Å². The Balaban J connectivity index is 1.67. The first-order valence-corrected chi connectivity index (χ1v) is 7.93. The summed E-state index contributed by atoms with van der Waals surface area (Å²) in [6.07, 6.45) is 1.15. The van der Waals surface area contributed by atoms with E-state index in [4.69, 9.17) is 4.74 Å². The molecule has 1 N–H and O–H groups in total. The van der Waals surface area contributed by atoms with Crippen LogP contribution in [-0.2, 0) is 11.3 Å². The molecule has 122 valence electrons. The molecular weight excluding hydrogens is 278 g/mol. The molecule has 0 saturated carbocycles. The Morgan fingerprint density at radius 3 is 2.91 bits per heavy atom. The minimum Gasteiger partial charge on any atom is -0.383 e. The number of rotatable bonds is 7. The number of hydrogen-bond donors (Lipinski definition) is 1. The van der Waals surface area contributed by atoms with Crippen molar-refractivity contribution in [2.45, 2.75) is 13.0 Å². The van der Waals surface area contributed by atoms with Crippen LogP contribution in [0.5, 0.6) is 0 Å². The van der Waals surface area contributed by atoms with Crippen LogP contribution in [0.25, 0.3) is 0 Å². The number of likely N-dealkylation sites (tertiary alicyclic amines) is 1. The first kappa shape index (κ1) is 16.8. The van der Waals surface area contributed by atoms with Crippen molar-refractivity contribution in [2.75, 3.05) is 46.9 Å². The van der Waals surface area contributed by atoms with Gasteiger partial charge in [-0.25, -0.2) is 4.79 Å². The highest BCUT2D eigenvalue weighted by Gasteiger charge is 2.22. The average Bonchev–Trinajstić information content (AvgIpc) is 2.99. The maximum absolute atomic E-state index is 12.1. The standard InChI is InChI=1S/C17H27N3O2/c1-19(13-15-6-4-3-5-7-15)17(21)18-12-16-8-9-20(14-16)10-11-22-2/h3-7,16H,8-14H2,1-2H3,(H,18,21). The maximum atomic E-state index is 12.1. The summed E-state index contributed by atoms with van der Waals surface area (Å²) in [6, 6.07) is 10.0. The van der Waals surface area contributed by atoms with Crippen molar-refractivity contribution in [3.63, 3.8) is 0 Å². The minimum absolute atomic E-state index is 0.000746. The van der Waals surface area contributed by atoms with E-state index in [0.717, 1.165) is 44.8 Å². The van der Waals surface area contributed by atoms with Crippen molar-refractivity contribution in [2.24, 2.45) is 5.92 Å². The van der Waals surface area contributed by atoms with Crippen molar-refractivity contribution >= 4 is 6.03 Å². The summed E-state index contributed by atoms with van der Waals surface area (Å²) < 4.78 is 5.11. The molecular formula is C17H27N3O2. The second kappa shape index (κ2) is 8.76. The number of urea groups is 1. The third-order valence-corrected chi connectivity index (χ3v) is 4.13. The fourth-order valence-electron chi connectivity index (χ4n) is 2.80. The number of nitrogens with zero attached hydrogens (tertiary/aromatic N) is 2. The van der Waals surface area contributed by atoms with E-state index in [-0.39, 0.29) is 6.03 Å². The summed E-state index contributed by atoms with van der Waals surface area (Å²) in [5, 5.41) is 3.05. The Morgan fingerprint density at radius 1 is 1.41 bits per heavy atom. The first-order valence-electron chi connectivity index (χ1n) is 7.93. The van der Waals surface area contributed by atoms with E-state index in [2.05, 4.69) is 10.2 Å². The van der Waals surface area contributed by atoms with E-state index >= 15 is 0 Å². The number of ether oxygens (including phenoxy) is 1. The van der Waals surface area contributed by atoms with Gasteiger partial charge in [0.1, 0.15) is 0 Å². The van der Waals surface area contributed by atoms with Gasteiger partial charge in [0.25, 0.3) is 0 Å². The van der Waals surface area contributed by atoms with Crippen LogP contribution in [0.15, 0.2) is 30.3 Å². The average molecular weight is 305 g/mol. The molecule has 1 aromatic carbocycles. The highest BCUT2D eigenvalue weighted by Crippen LogP contribution is 2.14. The largest absolute Gasteiger partial charge is 0.383 e. The Kier molecular flexibility index (Phi) is 6.68. The van der Waals surface area contributed by atoms with Crippen LogP contribution in [0.4, 0.5) is 4.79 Å². The molecule has 1 fully saturated rings. The van der Waals surface area contributed by atoms with E-state index in [1.54, 1.807) is 12.0 Å². The molecule has 1 atom stereocenters. The van der Waals surface area contributed by atoms with Gasteiger partial charge >= 0.3 is 6.03 Å². The molecule has 1 saturated heterocycles. The molecule has 22 heavy (non-hydrogen) atoms. The molecule has 1 heterocycles. The van der Waals surface area contributed by atoms with E-state index in [9.17, 15) is 4.79 Å². The lowest BCUT2D eigenvalue weighted by Crippen LogP contribution is -2.39. The SMILES string of the molecule is COCCN1CCC(CNC(=O)N(C)Cc2ccccc2)C1. The molecule has 0 aliphatic carbocycles. The molecule has 1 aromatic rings. The number of carbonyl (C=O) groups excluding carboxylic acids is 1. The van der Waals surface area contributed by atoms with Gasteiger partial charge in [0.05, 0.1) is 6.61 Å². The zero-order valence-corrected chi connectivity index (χ0v) is 13.6. The van der Waals surface area contributed by atoms with Gasteiger partial charge in [0.15, 0.2) is 0 Å². The van der Waals surface area contributed by atoms with E-state index < -0.39 is 0 Å². The summed E-state index contributed by atoms with van der Waals surface area (Å²) in [7, 11) is 3.57. The maximum Gasteiger partial charge on any atom is 0.317 e. The number of methoxy groups -OCH3 is 1. The normalized spacial score (nSPS) is 18.4. The molecule has 0 bridgehead atoms. The number of benzene rings is 1. The molecule has 5 heteroatoms. The molecule has 1 aliphatic heterocycles. The van der Waals surface area contributed by atoms with Gasteiger partial charge in [-0.1, -0.05) is 30.3 Å². The smallest absolute Gasteiger partial charge is 0.317 e. The van der Waals surface area contributed by atoms with E-state index in [1.807, 2.05) is 37.4 Å². The van der Waals surface area contributed by atoms with E-state index in [1.165, 1.54) is 0 Å². The van der Waals surface area contributed by atoms with Crippen molar-refractivity contribution in [3.05, 3.63) is 35.9 Å². The summed E-state index contributed by atoms with van der Waals surface area (Å²) in [4.78, 5) is 16.3. The molecule has 0 spiro atoms. The summed E-state index contributed by atoms with van der Waals surface area (Å²) in [6.45, 7) is 5.29. The molecule has 0 radical (unpaired) electrons. The fraction of sp³-hybridized carbons (Fsp3) is 0.588. The van der Waals surface area contributed by atoms with Gasteiger partial charge < -0.3 is 19.9 Å². The minimum atomic E-state index is -0.000746. The second-order valence-electron chi connectivity index (χ2n) is 5.98. The van der Waals surface area contributed by atoms with Crippen LogP contribution in [-0.4, -0.2) is 62.8 Å². The number of amides is 2. The molecule has 2 rings (SSSR count). The van der Waals surface area contributed by atoms with E-state index in [0.29, 0.717) is 12.5 Å². The lowest BCUT2D eigenvalue weighted by Gasteiger charge is -2.20. The van der Waals surface area contributed by atoms with Gasteiger partial charge in [-0.05, 0) is 24.4 Å². The van der Waals surface area contributed by atoms with Gasteiger partial charge in [0, 0.05) is 40.3 Å². The van der Waals surface area contributed by atoms with Crippen LogP contribution < -0.4 is 5.32 Å². The van der Waals surface area contributed by atoms with Gasteiger partial charge in [0.2, 0.25) is 0 Å².